The molecule has 0 N–H and O–H groups in total. The van der Waals surface area contributed by atoms with Crippen molar-refractivity contribution in [3.8, 4) is 0 Å². The van der Waals surface area contributed by atoms with E-state index < -0.39 is 0 Å². The van der Waals surface area contributed by atoms with E-state index in [1.807, 2.05) is 12.5 Å². The average molecular weight is 367 g/mol. The van der Waals surface area contributed by atoms with Gasteiger partial charge in [-0.2, -0.15) is 23.5 Å². The van der Waals surface area contributed by atoms with Gasteiger partial charge in [0.05, 0.1) is 6.33 Å². The van der Waals surface area contributed by atoms with Gasteiger partial charge in [0.25, 0.3) is 0 Å². The molecule has 4 heteroatoms. The van der Waals surface area contributed by atoms with Gasteiger partial charge in [0.15, 0.2) is 0 Å². The summed E-state index contributed by atoms with van der Waals surface area (Å²) in [6.45, 7) is 1.13. The van der Waals surface area contributed by atoms with E-state index in [0.29, 0.717) is 0 Å². The van der Waals surface area contributed by atoms with Crippen LogP contribution in [-0.4, -0.2) is 32.1 Å². The largest absolute Gasteiger partial charge is 0.336 e. The SMILES string of the molecule is c1cn(CC(CSCC2CCCCC2)SCC2CCCCC2)cn1. The van der Waals surface area contributed by atoms with Crippen LogP contribution in [0, 0.1) is 11.8 Å². The maximum atomic E-state index is 4.23. The van der Waals surface area contributed by atoms with Crippen molar-refractivity contribution < 1.29 is 0 Å². The van der Waals surface area contributed by atoms with E-state index >= 15 is 0 Å². The smallest absolute Gasteiger partial charge is 0.0946 e. The Morgan fingerprint density at radius 3 is 2.21 bits per heavy atom. The zero-order valence-corrected chi connectivity index (χ0v) is 16.7. The summed E-state index contributed by atoms with van der Waals surface area (Å²) in [4.78, 5) is 4.23. The summed E-state index contributed by atoms with van der Waals surface area (Å²) in [5, 5.41) is 0.745. The van der Waals surface area contributed by atoms with Crippen molar-refractivity contribution in [3.05, 3.63) is 18.7 Å². The highest BCUT2D eigenvalue weighted by Crippen LogP contribution is 2.31. The van der Waals surface area contributed by atoms with E-state index in [0.717, 1.165) is 23.6 Å². The lowest BCUT2D eigenvalue weighted by Gasteiger charge is -2.25. The molecule has 0 spiro atoms. The molecule has 3 rings (SSSR count). The summed E-state index contributed by atoms with van der Waals surface area (Å²) in [5.41, 5.74) is 0. The van der Waals surface area contributed by atoms with Crippen molar-refractivity contribution in [2.75, 3.05) is 17.3 Å². The van der Waals surface area contributed by atoms with Crippen LogP contribution in [0.15, 0.2) is 18.7 Å². The first kappa shape index (κ1) is 18.7. The van der Waals surface area contributed by atoms with E-state index in [1.165, 1.54) is 81.5 Å². The van der Waals surface area contributed by atoms with Gasteiger partial charge in [0.1, 0.15) is 0 Å². The molecule has 136 valence electrons. The molecular formula is C20H34N2S2. The van der Waals surface area contributed by atoms with E-state index in [1.54, 1.807) is 0 Å². The molecule has 2 aliphatic rings. The molecular weight excluding hydrogens is 332 g/mol. The molecule has 1 aromatic heterocycles. The fourth-order valence-corrected chi connectivity index (χ4v) is 7.13. The van der Waals surface area contributed by atoms with Gasteiger partial charge in [-0.15, -0.1) is 0 Å². The van der Waals surface area contributed by atoms with Crippen LogP contribution in [0.5, 0.6) is 0 Å². The Hall–Kier alpha value is -0.0900. The molecule has 1 unspecified atom stereocenters. The van der Waals surface area contributed by atoms with Crippen molar-refractivity contribution >= 4 is 23.5 Å². The van der Waals surface area contributed by atoms with Gasteiger partial charge in [-0.05, 0) is 49.0 Å². The van der Waals surface area contributed by atoms with Gasteiger partial charge < -0.3 is 4.57 Å². The van der Waals surface area contributed by atoms with Crippen LogP contribution in [0.3, 0.4) is 0 Å². The average Bonchev–Trinajstić information content (AvgIpc) is 3.14. The Morgan fingerprint density at radius 1 is 0.917 bits per heavy atom. The maximum absolute atomic E-state index is 4.23. The minimum Gasteiger partial charge on any atom is -0.336 e. The van der Waals surface area contributed by atoms with Crippen LogP contribution >= 0.6 is 23.5 Å². The third-order valence-electron chi connectivity index (χ3n) is 5.65. The Bertz CT molecular complexity index is 423. The van der Waals surface area contributed by atoms with E-state index in [2.05, 4.69) is 39.3 Å². The van der Waals surface area contributed by atoms with Crippen molar-refractivity contribution in [1.82, 2.24) is 9.55 Å². The topological polar surface area (TPSA) is 17.8 Å². The molecule has 0 aliphatic heterocycles. The van der Waals surface area contributed by atoms with Gasteiger partial charge >= 0.3 is 0 Å². The van der Waals surface area contributed by atoms with Crippen LogP contribution in [0.4, 0.5) is 0 Å². The van der Waals surface area contributed by atoms with E-state index in [9.17, 15) is 0 Å². The van der Waals surface area contributed by atoms with Crippen LogP contribution in [0.2, 0.25) is 0 Å². The molecule has 1 aromatic rings. The summed E-state index contributed by atoms with van der Waals surface area (Å²) < 4.78 is 2.28. The molecule has 24 heavy (non-hydrogen) atoms. The van der Waals surface area contributed by atoms with Crippen molar-refractivity contribution in [3.63, 3.8) is 0 Å². The number of rotatable bonds is 9. The molecule has 1 atom stereocenters. The Morgan fingerprint density at radius 2 is 1.58 bits per heavy atom. The molecule has 0 bridgehead atoms. The third-order valence-corrected chi connectivity index (χ3v) is 8.66. The van der Waals surface area contributed by atoms with Crippen molar-refractivity contribution in [1.29, 1.82) is 0 Å². The van der Waals surface area contributed by atoms with Gasteiger partial charge in [0.2, 0.25) is 0 Å². The Kier molecular flexibility index (Phi) is 8.41. The lowest BCUT2D eigenvalue weighted by molar-refractivity contribution is 0.390. The predicted molar refractivity (Wildman–Crippen MR) is 109 cm³/mol. The number of imidazole rings is 1. The lowest BCUT2D eigenvalue weighted by atomic mass is 9.91. The summed E-state index contributed by atoms with van der Waals surface area (Å²) in [7, 11) is 0. The standard InChI is InChI=1S/C20H34N2S2/c1-3-7-18(8-4-1)14-23-16-20(13-22-12-11-21-17-22)24-15-19-9-5-2-6-10-19/h11-12,17-20H,1-10,13-16H2. The summed E-state index contributed by atoms with van der Waals surface area (Å²) in [6.07, 6.45) is 20.8. The molecule has 2 nitrogen and oxygen atoms in total. The molecule has 0 amide bonds. The van der Waals surface area contributed by atoms with E-state index in [-0.39, 0.29) is 0 Å². The number of hydrogen-bond acceptors (Lipinski definition) is 3. The quantitative estimate of drug-likeness (QED) is 0.543. The van der Waals surface area contributed by atoms with E-state index in [4.69, 9.17) is 0 Å². The normalized spacial score (nSPS) is 21.8. The first-order chi connectivity index (χ1) is 11.9. The van der Waals surface area contributed by atoms with Crippen LogP contribution in [0.1, 0.15) is 64.2 Å². The number of hydrogen-bond donors (Lipinski definition) is 0. The predicted octanol–water partition coefficient (Wildman–Crippen LogP) is 5.88. The highest BCUT2D eigenvalue weighted by Gasteiger charge is 2.19. The number of nitrogens with zero attached hydrogens (tertiary/aromatic N) is 2. The molecule has 0 saturated heterocycles. The summed E-state index contributed by atoms with van der Waals surface area (Å²) in [6, 6.07) is 0. The number of aromatic nitrogens is 2. The molecule has 2 aliphatic carbocycles. The Labute approximate surface area is 157 Å². The highest BCUT2D eigenvalue weighted by molar-refractivity contribution is 8.03. The first-order valence-corrected chi connectivity index (χ1v) is 12.3. The molecule has 0 radical (unpaired) electrons. The first-order valence-electron chi connectivity index (χ1n) is 10.1. The molecule has 2 saturated carbocycles. The zero-order valence-electron chi connectivity index (χ0n) is 15.1. The Balaban J connectivity index is 1.41. The monoisotopic (exact) mass is 366 g/mol. The molecule has 0 aromatic carbocycles. The number of thioether (sulfide) groups is 2. The van der Waals surface area contributed by atoms with Crippen LogP contribution < -0.4 is 0 Å². The maximum Gasteiger partial charge on any atom is 0.0946 e. The summed E-state index contributed by atoms with van der Waals surface area (Å²) >= 11 is 4.47. The second-order valence-corrected chi connectivity index (χ2v) is 10.2. The van der Waals surface area contributed by atoms with Crippen molar-refractivity contribution in [2.24, 2.45) is 11.8 Å². The second-order valence-electron chi connectivity index (χ2n) is 7.76. The minimum absolute atomic E-state index is 0.745. The zero-order chi connectivity index (χ0) is 16.5. The fourth-order valence-electron chi connectivity index (χ4n) is 4.13. The van der Waals surface area contributed by atoms with Gasteiger partial charge in [-0.25, -0.2) is 4.98 Å². The van der Waals surface area contributed by atoms with Gasteiger partial charge in [0, 0.05) is 29.9 Å². The third kappa shape index (κ3) is 6.67. The minimum atomic E-state index is 0.745. The summed E-state index contributed by atoms with van der Waals surface area (Å²) in [5.74, 6) is 6.07. The van der Waals surface area contributed by atoms with Gasteiger partial charge in [-0.3, -0.25) is 0 Å². The molecule has 1 heterocycles. The lowest BCUT2D eigenvalue weighted by Crippen LogP contribution is -2.19. The fraction of sp³-hybridized carbons (Fsp3) is 0.850. The highest BCUT2D eigenvalue weighted by atomic mass is 32.2. The van der Waals surface area contributed by atoms with Gasteiger partial charge in [-0.1, -0.05) is 38.5 Å². The second kappa shape index (κ2) is 10.8. The van der Waals surface area contributed by atoms with Crippen LogP contribution in [-0.2, 0) is 6.54 Å². The molecule has 2 fully saturated rings. The van der Waals surface area contributed by atoms with Crippen molar-refractivity contribution in [2.45, 2.75) is 76.0 Å². The van der Waals surface area contributed by atoms with Crippen LogP contribution in [0.25, 0.3) is 0 Å².